The van der Waals surface area contributed by atoms with Crippen LogP contribution in [0.1, 0.15) is 43.5 Å². The van der Waals surface area contributed by atoms with E-state index in [4.69, 9.17) is 16.1 Å². The van der Waals surface area contributed by atoms with Gasteiger partial charge in [0, 0.05) is 29.5 Å². The zero-order valence-corrected chi connectivity index (χ0v) is 13.1. The average Bonchev–Trinajstić information content (AvgIpc) is 2.91. The lowest BCUT2D eigenvalue weighted by atomic mass is 10.2. The number of anilines is 1. The fourth-order valence-electron chi connectivity index (χ4n) is 1.78. The molecular weight excluding hydrogens is 290 g/mol. The van der Waals surface area contributed by atoms with Gasteiger partial charge < -0.3 is 9.84 Å². The molecule has 1 amide bonds. The number of nitrogens with zero attached hydrogens (tertiary/aromatic N) is 2. The van der Waals surface area contributed by atoms with E-state index in [0.29, 0.717) is 23.2 Å². The Morgan fingerprint density at radius 2 is 2.19 bits per heavy atom. The smallest absolute Gasteiger partial charge is 0.227 e. The van der Waals surface area contributed by atoms with Crippen molar-refractivity contribution in [3.8, 4) is 0 Å². The molecule has 1 aromatic carbocycles. The number of carbonyl (C=O) groups is 1. The molecule has 6 heteroatoms. The van der Waals surface area contributed by atoms with Crippen LogP contribution in [-0.4, -0.2) is 16.0 Å². The first-order chi connectivity index (χ1) is 9.97. The van der Waals surface area contributed by atoms with Gasteiger partial charge in [0.05, 0.1) is 0 Å². The van der Waals surface area contributed by atoms with Crippen molar-refractivity contribution in [3.05, 3.63) is 40.5 Å². The van der Waals surface area contributed by atoms with Crippen LogP contribution in [0.15, 0.2) is 22.7 Å². The first-order valence-corrected chi connectivity index (χ1v) is 7.22. The summed E-state index contributed by atoms with van der Waals surface area (Å²) in [7, 11) is 0. The molecule has 0 saturated carbocycles. The van der Waals surface area contributed by atoms with Gasteiger partial charge in [-0.05, 0) is 24.6 Å². The molecule has 0 fully saturated rings. The fraction of sp³-hybridized carbons (Fsp3) is 0.400. The third-order valence-corrected chi connectivity index (χ3v) is 3.52. The van der Waals surface area contributed by atoms with Gasteiger partial charge in [0.15, 0.2) is 5.82 Å². The van der Waals surface area contributed by atoms with Gasteiger partial charge in [-0.3, -0.25) is 4.79 Å². The van der Waals surface area contributed by atoms with Crippen molar-refractivity contribution in [1.29, 1.82) is 0 Å². The lowest BCUT2D eigenvalue weighted by molar-refractivity contribution is -0.116. The number of aromatic nitrogens is 2. The molecule has 2 aromatic rings. The van der Waals surface area contributed by atoms with Crippen molar-refractivity contribution < 1.29 is 9.32 Å². The predicted octanol–water partition coefficient (Wildman–Crippen LogP) is 3.73. The third kappa shape index (κ3) is 4.04. The van der Waals surface area contributed by atoms with Crippen molar-refractivity contribution in [3.63, 3.8) is 0 Å². The van der Waals surface area contributed by atoms with Crippen molar-refractivity contribution >= 4 is 23.2 Å². The SMILES string of the molecule is Cc1c(Cl)cccc1NC(=O)CCc1nc(C(C)C)no1. The summed E-state index contributed by atoms with van der Waals surface area (Å²) in [5, 5.41) is 7.34. The lowest BCUT2D eigenvalue weighted by Gasteiger charge is -2.08. The Morgan fingerprint density at radius 1 is 1.43 bits per heavy atom. The Kier molecular flexibility index (Phi) is 4.96. The van der Waals surface area contributed by atoms with Crippen LogP contribution in [0, 0.1) is 6.92 Å². The molecule has 0 spiro atoms. The molecule has 0 aliphatic carbocycles. The quantitative estimate of drug-likeness (QED) is 0.914. The molecule has 5 nitrogen and oxygen atoms in total. The monoisotopic (exact) mass is 307 g/mol. The molecule has 21 heavy (non-hydrogen) atoms. The minimum Gasteiger partial charge on any atom is -0.339 e. The highest BCUT2D eigenvalue weighted by atomic mass is 35.5. The zero-order chi connectivity index (χ0) is 15.4. The minimum absolute atomic E-state index is 0.107. The second kappa shape index (κ2) is 6.72. The summed E-state index contributed by atoms with van der Waals surface area (Å²) in [6.07, 6.45) is 0.705. The van der Waals surface area contributed by atoms with E-state index in [-0.39, 0.29) is 18.2 Å². The summed E-state index contributed by atoms with van der Waals surface area (Å²) >= 11 is 6.02. The highest BCUT2D eigenvalue weighted by Gasteiger charge is 2.12. The Labute approximate surface area is 128 Å². The van der Waals surface area contributed by atoms with Crippen LogP contribution in [0.2, 0.25) is 5.02 Å². The number of hydrogen-bond donors (Lipinski definition) is 1. The van der Waals surface area contributed by atoms with Gasteiger partial charge in [0.2, 0.25) is 11.8 Å². The predicted molar refractivity (Wildman–Crippen MR) is 81.5 cm³/mol. The fourth-order valence-corrected chi connectivity index (χ4v) is 1.95. The molecule has 0 saturated heterocycles. The Hall–Kier alpha value is -1.88. The average molecular weight is 308 g/mol. The van der Waals surface area contributed by atoms with Gasteiger partial charge >= 0.3 is 0 Å². The molecule has 0 radical (unpaired) electrons. The topological polar surface area (TPSA) is 68.0 Å². The Morgan fingerprint density at radius 3 is 2.86 bits per heavy atom. The van der Waals surface area contributed by atoms with E-state index in [1.807, 2.05) is 26.8 Å². The van der Waals surface area contributed by atoms with Crippen LogP contribution < -0.4 is 5.32 Å². The summed E-state index contributed by atoms with van der Waals surface area (Å²) in [6.45, 7) is 5.84. The molecule has 1 aromatic heterocycles. The summed E-state index contributed by atoms with van der Waals surface area (Å²) in [5.41, 5.74) is 1.58. The van der Waals surface area contributed by atoms with Gasteiger partial charge in [0.25, 0.3) is 0 Å². The molecular formula is C15H18ClN3O2. The van der Waals surface area contributed by atoms with E-state index >= 15 is 0 Å². The van der Waals surface area contributed by atoms with Crippen LogP contribution in [0.5, 0.6) is 0 Å². The molecule has 0 atom stereocenters. The molecule has 1 heterocycles. The standard InChI is InChI=1S/C15H18ClN3O2/c1-9(2)15-18-14(21-19-15)8-7-13(20)17-12-6-4-5-11(16)10(12)3/h4-6,9H,7-8H2,1-3H3,(H,17,20). The van der Waals surface area contributed by atoms with E-state index in [2.05, 4.69) is 15.5 Å². The summed E-state index contributed by atoms with van der Waals surface area (Å²) in [6, 6.07) is 5.42. The summed E-state index contributed by atoms with van der Waals surface area (Å²) in [5.74, 6) is 1.25. The van der Waals surface area contributed by atoms with Gasteiger partial charge in [0.1, 0.15) is 0 Å². The summed E-state index contributed by atoms with van der Waals surface area (Å²) in [4.78, 5) is 16.2. The molecule has 0 unspecified atom stereocenters. The maximum Gasteiger partial charge on any atom is 0.227 e. The van der Waals surface area contributed by atoms with E-state index in [1.54, 1.807) is 12.1 Å². The number of rotatable bonds is 5. The number of nitrogens with one attached hydrogen (secondary N) is 1. The lowest BCUT2D eigenvalue weighted by Crippen LogP contribution is -2.13. The molecule has 1 N–H and O–H groups in total. The first-order valence-electron chi connectivity index (χ1n) is 6.85. The molecule has 0 aliphatic heterocycles. The van der Waals surface area contributed by atoms with E-state index in [0.717, 1.165) is 11.3 Å². The number of hydrogen-bond acceptors (Lipinski definition) is 4. The van der Waals surface area contributed by atoms with Crippen molar-refractivity contribution in [1.82, 2.24) is 10.1 Å². The molecule has 2 rings (SSSR count). The molecule has 112 valence electrons. The zero-order valence-electron chi connectivity index (χ0n) is 12.3. The maximum absolute atomic E-state index is 11.9. The number of halogens is 1. The third-order valence-electron chi connectivity index (χ3n) is 3.11. The number of carbonyl (C=O) groups excluding carboxylic acids is 1. The highest BCUT2D eigenvalue weighted by Crippen LogP contribution is 2.23. The van der Waals surface area contributed by atoms with E-state index in [1.165, 1.54) is 0 Å². The van der Waals surface area contributed by atoms with Crippen molar-refractivity contribution in [2.75, 3.05) is 5.32 Å². The number of benzene rings is 1. The van der Waals surface area contributed by atoms with Crippen molar-refractivity contribution in [2.24, 2.45) is 0 Å². The van der Waals surface area contributed by atoms with Gasteiger partial charge in [-0.25, -0.2) is 0 Å². The van der Waals surface area contributed by atoms with Crippen LogP contribution in [0.25, 0.3) is 0 Å². The Balaban J connectivity index is 1.91. The largest absolute Gasteiger partial charge is 0.339 e. The summed E-state index contributed by atoms with van der Waals surface area (Å²) < 4.78 is 5.11. The van der Waals surface area contributed by atoms with Crippen molar-refractivity contribution in [2.45, 2.75) is 39.5 Å². The minimum atomic E-state index is -0.107. The van der Waals surface area contributed by atoms with Gasteiger partial charge in [-0.2, -0.15) is 4.98 Å². The van der Waals surface area contributed by atoms with E-state index < -0.39 is 0 Å². The maximum atomic E-state index is 11.9. The normalized spacial score (nSPS) is 10.9. The van der Waals surface area contributed by atoms with Crippen LogP contribution in [-0.2, 0) is 11.2 Å². The van der Waals surface area contributed by atoms with Crippen LogP contribution in [0.3, 0.4) is 0 Å². The second-order valence-corrected chi connectivity index (χ2v) is 5.57. The second-order valence-electron chi connectivity index (χ2n) is 5.16. The van der Waals surface area contributed by atoms with Crippen LogP contribution in [0.4, 0.5) is 5.69 Å². The molecule has 0 bridgehead atoms. The van der Waals surface area contributed by atoms with E-state index in [9.17, 15) is 4.79 Å². The first kappa shape index (κ1) is 15.5. The Bertz CT molecular complexity index is 638. The van der Waals surface area contributed by atoms with Gasteiger partial charge in [-0.1, -0.05) is 36.7 Å². The number of amides is 1. The van der Waals surface area contributed by atoms with Crippen LogP contribution >= 0.6 is 11.6 Å². The number of aryl methyl sites for hydroxylation is 1. The molecule has 0 aliphatic rings. The van der Waals surface area contributed by atoms with Gasteiger partial charge in [-0.15, -0.1) is 0 Å². The highest BCUT2D eigenvalue weighted by molar-refractivity contribution is 6.31.